The Balaban J connectivity index is 1.62. The molecule has 0 saturated carbocycles. The summed E-state index contributed by atoms with van der Waals surface area (Å²) in [4.78, 5) is 13.8. The zero-order chi connectivity index (χ0) is 17.6. The topological polar surface area (TPSA) is 52.6 Å². The van der Waals surface area contributed by atoms with Crippen LogP contribution < -0.4 is 5.32 Å². The van der Waals surface area contributed by atoms with Gasteiger partial charge in [0.1, 0.15) is 0 Å². The molecule has 0 aromatic heterocycles. The number of halogens is 3. The first-order chi connectivity index (χ1) is 11.4. The number of aliphatic hydroxyl groups excluding tert-OH is 1. The van der Waals surface area contributed by atoms with Crippen molar-refractivity contribution in [2.75, 3.05) is 26.2 Å². The third-order valence-corrected chi connectivity index (χ3v) is 4.93. The van der Waals surface area contributed by atoms with E-state index in [1.54, 1.807) is 0 Å². The zero-order valence-corrected chi connectivity index (χ0v) is 13.9. The van der Waals surface area contributed by atoms with Crippen molar-refractivity contribution in [3.63, 3.8) is 0 Å². The van der Waals surface area contributed by atoms with Gasteiger partial charge in [0.15, 0.2) is 6.10 Å². The molecule has 2 aliphatic rings. The van der Waals surface area contributed by atoms with Gasteiger partial charge in [-0.25, -0.2) is 0 Å². The van der Waals surface area contributed by atoms with Crippen LogP contribution in [-0.2, 0) is 4.79 Å². The Hall–Kier alpha value is -1.08. The summed E-state index contributed by atoms with van der Waals surface area (Å²) in [5.74, 6) is -0.844. The Morgan fingerprint density at radius 1 is 1.33 bits per heavy atom. The number of amides is 1. The summed E-state index contributed by atoms with van der Waals surface area (Å²) in [5, 5.41) is 12.2. The molecule has 7 heteroatoms. The van der Waals surface area contributed by atoms with E-state index in [2.05, 4.69) is 11.4 Å². The van der Waals surface area contributed by atoms with Crippen molar-refractivity contribution in [3.8, 4) is 0 Å². The summed E-state index contributed by atoms with van der Waals surface area (Å²) in [6.45, 7) is 1.66. The average Bonchev–Trinajstić information content (AvgIpc) is 2.55. The molecule has 0 aromatic carbocycles. The van der Waals surface area contributed by atoms with Crippen LogP contribution in [0, 0.1) is 5.92 Å². The molecule has 1 atom stereocenters. The summed E-state index contributed by atoms with van der Waals surface area (Å²) in [5.41, 5.74) is 1.41. The first-order valence-corrected chi connectivity index (χ1v) is 8.78. The van der Waals surface area contributed by atoms with E-state index in [0.717, 1.165) is 19.3 Å². The molecular formula is C17H27F3N2O2. The van der Waals surface area contributed by atoms with E-state index in [0.29, 0.717) is 19.6 Å². The molecule has 0 radical (unpaired) electrons. The second-order valence-corrected chi connectivity index (χ2v) is 6.81. The molecule has 1 aliphatic heterocycles. The monoisotopic (exact) mass is 348 g/mol. The Morgan fingerprint density at radius 3 is 2.62 bits per heavy atom. The van der Waals surface area contributed by atoms with Crippen LogP contribution in [0.2, 0.25) is 0 Å². The average molecular weight is 348 g/mol. The molecule has 1 unspecified atom stereocenters. The molecule has 2 rings (SSSR count). The Kier molecular flexibility index (Phi) is 7.10. The molecule has 4 nitrogen and oxygen atoms in total. The van der Waals surface area contributed by atoms with Crippen LogP contribution in [0.3, 0.4) is 0 Å². The maximum atomic E-state index is 12.5. The van der Waals surface area contributed by atoms with Crippen LogP contribution in [-0.4, -0.2) is 54.4 Å². The molecule has 1 heterocycles. The van der Waals surface area contributed by atoms with Gasteiger partial charge in [0.05, 0.1) is 6.54 Å². The van der Waals surface area contributed by atoms with Crippen LogP contribution in [0.4, 0.5) is 13.2 Å². The molecule has 1 fully saturated rings. The fourth-order valence-corrected chi connectivity index (χ4v) is 3.45. The zero-order valence-electron chi connectivity index (χ0n) is 13.9. The van der Waals surface area contributed by atoms with Crippen LogP contribution >= 0.6 is 0 Å². The summed E-state index contributed by atoms with van der Waals surface area (Å²) in [6.07, 6.45) is 1.56. The Morgan fingerprint density at radius 2 is 2.04 bits per heavy atom. The number of aliphatic hydroxyl groups is 1. The number of rotatable bonds is 6. The van der Waals surface area contributed by atoms with Crippen molar-refractivity contribution < 1.29 is 23.1 Å². The second-order valence-electron chi connectivity index (χ2n) is 6.81. The number of nitrogens with one attached hydrogen (secondary N) is 1. The van der Waals surface area contributed by atoms with Gasteiger partial charge in [-0.05, 0) is 64.0 Å². The molecule has 0 bridgehead atoms. The fourth-order valence-electron chi connectivity index (χ4n) is 3.45. The highest BCUT2D eigenvalue weighted by atomic mass is 19.4. The normalized spacial score (nSPS) is 22.1. The van der Waals surface area contributed by atoms with E-state index >= 15 is 0 Å². The summed E-state index contributed by atoms with van der Waals surface area (Å²) < 4.78 is 37.5. The van der Waals surface area contributed by atoms with Gasteiger partial charge in [0.25, 0.3) is 0 Å². The Labute approximate surface area is 141 Å². The highest BCUT2D eigenvalue weighted by Crippen LogP contribution is 2.31. The third-order valence-electron chi connectivity index (χ3n) is 4.93. The minimum absolute atomic E-state index is 0.0822. The standard InChI is InChI=1S/C17H27F3N2O2/c18-17(19,20)16(24)14-7-10-22(11-8-14)12-15(23)21-9-6-13-4-2-1-3-5-13/h4,14,16,24H,1-3,5-12H2,(H,21,23). The maximum Gasteiger partial charge on any atom is 0.414 e. The molecule has 1 amide bonds. The predicted octanol–water partition coefficient (Wildman–Crippen LogP) is 2.63. The summed E-state index contributed by atoms with van der Waals surface area (Å²) >= 11 is 0. The summed E-state index contributed by atoms with van der Waals surface area (Å²) in [7, 11) is 0. The number of likely N-dealkylation sites (tertiary alicyclic amines) is 1. The van der Waals surface area contributed by atoms with E-state index < -0.39 is 18.2 Å². The molecule has 0 aromatic rings. The van der Waals surface area contributed by atoms with Gasteiger partial charge >= 0.3 is 6.18 Å². The first-order valence-electron chi connectivity index (χ1n) is 8.78. The van der Waals surface area contributed by atoms with Gasteiger partial charge < -0.3 is 10.4 Å². The molecule has 24 heavy (non-hydrogen) atoms. The van der Waals surface area contributed by atoms with Gasteiger partial charge in [-0.15, -0.1) is 0 Å². The van der Waals surface area contributed by atoms with Crippen LogP contribution in [0.1, 0.15) is 44.9 Å². The fraction of sp³-hybridized carbons (Fsp3) is 0.824. The number of carbonyl (C=O) groups is 1. The van der Waals surface area contributed by atoms with E-state index in [-0.39, 0.29) is 25.3 Å². The Bertz CT molecular complexity index is 444. The lowest BCUT2D eigenvalue weighted by Gasteiger charge is -2.34. The number of hydrogen-bond donors (Lipinski definition) is 2. The minimum Gasteiger partial charge on any atom is -0.383 e. The minimum atomic E-state index is -4.56. The highest BCUT2D eigenvalue weighted by molar-refractivity contribution is 5.78. The van der Waals surface area contributed by atoms with Gasteiger partial charge in [0.2, 0.25) is 5.91 Å². The van der Waals surface area contributed by atoms with Crippen LogP contribution in [0.25, 0.3) is 0 Å². The van der Waals surface area contributed by atoms with Crippen molar-refractivity contribution in [2.24, 2.45) is 5.92 Å². The molecule has 138 valence electrons. The van der Waals surface area contributed by atoms with Crippen molar-refractivity contribution in [3.05, 3.63) is 11.6 Å². The lowest BCUT2D eigenvalue weighted by Crippen LogP contribution is -2.46. The van der Waals surface area contributed by atoms with E-state index in [9.17, 15) is 23.1 Å². The molecular weight excluding hydrogens is 321 g/mol. The maximum absolute atomic E-state index is 12.5. The number of nitrogens with zero attached hydrogens (tertiary/aromatic N) is 1. The molecule has 0 spiro atoms. The quantitative estimate of drug-likeness (QED) is 0.726. The van der Waals surface area contributed by atoms with Crippen molar-refractivity contribution in [2.45, 2.75) is 57.2 Å². The number of allylic oxidation sites excluding steroid dienone is 1. The molecule has 2 N–H and O–H groups in total. The van der Waals surface area contributed by atoms with E-state index in [4.69, 9.17) is 0 Å². The predicted molar refractivity (Wildman–Crippen MR) is 85.4 cm³/mol. The number of piperidine rings is 1. The van der Waals surface area contributed by atoms with Gasteiger partial charge in [-0.3, -0.25) is 9.69 Å². The SMILES string of the molecule is O=C(CN1CCC(C(O)C(F)(F)F)CC1)NCCC1=CCCCC1. The van der Waals surface area contributed by atoms with Crippen LogP contribution in [0.15, 0.2) is 11.6 Å². The van der Waals surface area contributed by atoms with Gasteiger partial charge in [0, 0.05) is 6.54 Å². The van der Waals surface area contributed by atoms with Crippen LogP contribution in [0.5, 0.6) is 0 Å². The second kappa shape index (κ2) is 8.85. The lowest BCUT2D eigenvalue weighted by molar-refractivity contribution is -0.223. The number of carbonyl (C=O) groups excluding carboxylic acids is 1. The highest BCUT2D eigenvalue weighted by Gasteiger charge is 2.44. The molecule has 1 aliphatic carbocycles. The smallest absolute Gasteiger partial charge is 0.383 e. The molecule has 1 saturated heterocycles. The van der Waals surface area contributed by atoms with E-state index in [1.807, 2.05) is 4.90 Å². The van der Waals surface area contributed by atoms with Crippen molar-refractivity contribution in [1.82, 2.24) is 10.2 Å². The van der Waals surface area contributed by atoms with E-state index in [1.165, 1.54) is 18.4 Å². The van der Waals surface area contributed by atoms with Crippen molar-refractivity contribution >= 4 is 5.91 Å². The number of hydrogen-bond acceptors (Lipinski definition) is 3. The van der Waals surface area contributed by atoms with Gasteiger partial charge in [-0.1, -0.05) is 11.6 Å². The first kappa shape index (κ1) is 19.2. The largest absolute Gasteiger partial charge is 0.414 e. The number of alkyl halides is 3. The van der Waals surface area contributed by atoms with Crippen molar-refractivity contribution in [1.29, 1.82) is 0 Å². The summed E-state index contributed by atoms with van der Waals surface area (Å²) in [6, 6.07) is 0. The van der Waals surface area contributed by atoms with Gasteiger partial charge in [-0.2, -0.15) is 13.2 Å². The lowest BCUT2D eigenvalue weighted by atomic mass is 9.91. The third kappa shape index (κ3) is 6.09.